The number of hydrogen-bond acceptors (Lipinski definition) is 3. The van der Waals surface area contributed by atoms with Crippen LogP contribution in [0.3, 0.4) is 0 Å². The van der Waals surface area contributed by atoms with Gasteiger partial charge in [-0.3, -0.25) is 4.79 Å². The van der Waals surface area contributed by atoms with Crippen LogP contribution >= 0.6 is 0 Å². The monoisotopic (exact) mass is 267 g/mol. The molecule has 0 radical (unpaired) electrons. The molecular formula is C15H25NO3. The topological polar surface area (TPSA) is 47.6 Å². The summed E-state index contributed by atoms with van der Waals surface area (Å²) in [5, 5.41) is 3.00. The second-order valence-electron chi connectivity index (χ2n) is 5.34. The van der Waals surface area contributed by atoms with Crippen molar-refractivity contribution in [3.05, 3.63) is 12.2 Å². The minimum absolute atomic E-state index is 0.179. The molecule has 1 amide bonds. The van der Waals surface area contributed by atoms with Gasteiger partial charge in [-0.2, -0.15) is 0 Å². The summed E-state index contributed by atoms with van der Waals surface area (Å²) in [4.78, 5) is 11.8. The van der Waals surface area contributed by atoms with Crippen LogP contribution in [0.5, 0.6) is 0 Å². The summed E-state index contributed by atoms with van der Waals surface area (Å²) in [5.74, 6) is 0.376. The summed E-state index contributed by atoms with van der Waals surface area (Å²) >= 11 is 0. The number of amides is 1. The second-order valence-corrected chi connectivity index (χ2v) is 5.34. The molecule has 1 heterocycles. The number of nitrogens with one attached hydrogen (secondary N) is 1. The van der Waals surface area contributed by atoms with Gasteiger partial charge in [0, 0.05) is 25.7 Å². The highest BCUT2D eigenvalue weighted by molar-refractivity contribution is 5.78. The Kier molecular flexibility index (Phi) is 6.37. The first-order valence-electron chi connectivity index (χ1n) is 7.48. The van der Waals surface area contributed by atoms with E-state index in [4.69, 9.17) is 9.47 Å². The molecule has 2 rings (SSSR count). The van der Waals surface area contributed by atoms with Gasteiger partial charge < -0.3 is 14.8 Å². The van der Waals surface area contributed by atoms with Gasteiger partial charge >= 0.3 is 0 Å². The molecule has 1 N–H and O–H groups in total. The van der Waals surface area contributed by atoms with Crippen molar-refractivity contribution in [1.82, 2.24) is 5.32 Å². The Hall–Kier alpha value is -0.870. The van der Waals surface area contributed by atoms with Crippen LogP contribution < -0.4 is 5.32 Å². The number of ether oxygens (including phenoxy) is 2. The molecule has 0 aromatic heterocycles. The fourth-order valence-corrected chi connectivity index (χ4v) is 2.55. The number of allylic oxidation sites excluding steroid dienone is 2. The van der Waals surface area contributed by atoms with Crippen LogP contribution in [0.1, 0.15) is 38.5 Å². The Labute approximate surface area is 115 Å². The highest BCUT2D eigenvalue weighted by atomic mass is 16.5. The van der Waals surface area contributed by atoms with Crippen LogP contribution in [0, 0.1) is 5.92 Å². The van der Waals surface area contributed by atoms with E-state index in [1.165, 1.54) is 0 Å². The van der Waals surface area contributed by atoms with Crippen molar-refractivity contribution in [3.63, 3.8) is 0 Å². The van der Waals surface area contributed by atoms with Gasteiger partial charge in [-0.15, -0.1) is 0 Å². The first kappa shape index (κ1) is 14.5. The van der Waals surface area contributed by atoms with Crippen molar-refractivity contribution < 1.29 is 14.3 Å². The molecule has 0 spiro atoms. The van der Waals surface area contributed by atoms with Gasteiger partial charge in [0.2, 0.25) is 5.91 Å². The minimum atomic E-state index is 0.179. The summed E-state index contributed by atoms with van der Waals surface area (Å²) in [7, 11) is 0. The van der Waals surface area contributed by atoms with Crippen molar-refractivity contribution >= 4 is 5.91 Å². The molecule has 4 heteroatoms. The molecule has 0 bridgehead atoms. The van der Waals surface area contributed by atoms with Gasteiger partial charge in [-0.05, 0) is 38.5 Å². The Morgan fingerprint density at radius 2 is 2.32 bits per heavy atom. The van der Waals surface area contributed by atoms with E-state index in [-0.39, 0.29) is 11.8 Å². The van der Waals surface area contributed by atoms with E-state index in [1.807, 2.05) is 0 Å². The molecule has 0 aromatic carbocycles. The van der Waals surface area contributed by atoms with Crippen LogP contribution in [0.25, 0.3) is 0 Å². The SMILES string of the molecule is O=C(NCCCOCC1CCCO1)C1CC=CCC1. The maximum atomic E-state index is 11.8. The zero-order chi connectivity index (χ0) is 13.3. The highest BCUT2D eigenvalue weighted by Gasteiger charge is 2.18. The lowest BCUT2D eigenvalue weighted by molar-refractivity contribution is -0.125. The van der Waals surface area contributed by atoms with E-state index in [0.29, 0.717) is 25.9 Å². The van der Waals surface area contributed by atoms with Crippen LogP contribution in [-0.4, -0.2) is 38.4 Å². The minimum Gasteiger partial charge on any atom is -0.379 e. The third kappa shape index (κ3) is 5.33. The summed E-state index contributed by atoms with van der Waals surface area (Å²) in [6.45, 7) is 2.98. The van der Waals surface area contributed by atoms with Gasteiger partial charge in [0.15, 0.2) is 0 Å². The standard InChI is InChI=1S/C15H25NO3/c17-15(13-6-2-1-3-7-13)16-9-5-10-18-12-14-8-4-11-19-14/h1-2,13-14H,3-12H2,(H,16,17). The van der Waals surface area contributed by atoms with Gasteiger partial charge in [0.05, 0.1) is 12.7 Å². The van der Waals surface area contributed by atoms with Gasteiger partial charge in [-0.1, -0.05) is 12.2 Å². The Morgan fingerprint density at radius 1 is 1.37 bits per heavy atom. The summed E-state index contributed by atoms with van der Waals surface area (Å²) < 4.78 is 11.0. The maximum Gasteiger partial charge on any atom is 0.223 e. The van der Waals surface area contributed by atoms with Gasteiger partial charge in [0.1, 0.15) is 0 Å². The summed E-state index contributed by atoms with van der Waals surface area (Å²) in [5.41, 5.74) is 0. The van der Waals surface area contributed by atoms with Crippen molar-refractivity contribution in [2.45, 2.75) is 44.6 Å². The van der Waals surface area contributed by atoms with E-state index in [9.17, 15) is 4.79 Å². The molecular weight excluding hydrogens is 242 g/mol. The second kappa shape index (κ2) is 8.33. The predicted octanol–water partition coefficient (Wildman–Crippen LogP) is 2.04. The predicted molar refractivity (Wildman–Crippen MR) is 73.9 cm³/mol. The smallest absolute Gasteiger partial charge is 0.223 e. The normalized spacial score (nSPS) is 26.5. The van der Waals surface area contributed by atoms with Crippen molar-refractivity contribution in [2.75, 3.05) is 26.4 Å². The molecule has 2 atom stereocenters. The number of carbonyl (C=O) groups excluding carboxylic acids is 1. The lowest BCUT2D eigenvalue weighted by Crippen LogP contribution is -2.32. The number of carbonyl (C=O) groups is 1. The van der Waals surface area contributed by atoms with Gasteiger partial charge in [-0.25, -0.2) is 0 Å². The van der Waals surface area contributed by atoms with E-state index in [1.54, 1.807) is 0 Å². The molecule has 2 aliphatic rings. The molecule has 19 heavy (non-hydrogen) atoms. The maximum absolute atomic E-state index is 11.8. The lowest BCUT2D eigenvalue weighted by atomic mass is 9.94. The van der Waals surface area contributed by atoms with Crippen LogP contribution in [0.4, 0.5) is 0 Å². The van der Waals surface area contributed by atoms with Crippen molar-refractivity contribution in [3.8, 4) is 0 Å². The summed E-state index contributed by atoms with van der Waals surface area (Å²) in [6.07, 6.45) is 10.6. The fourth-order valence-electron chi connectivity index (χ4n) is 2.55. The zero-order valence-corrected chi connectivity index (χ0v) is 11.6. The van der Waals surface area contributed by atoms with E-state index in [0.717, 1.165) is 45.1 Å². The Morgan fingerprint density at radius 3 is 3.05 bits per heavy atom. The Balaban J connectivity index is 1.45. The third-order valence-corrected chi connectivity index (χ3v) is 3.73. The van der Waals surface area contributed by atoms with Gasteiger partial charge in [0.25, 0.3) is 0 Å². The molecule has 1 fully saturated rings. The molecule has 0 saturated carbocycles. The number of hydrogen-bond donors (Lipinski definition) is 1. The molecule has 1 saturated heterocycles. The van der Waals surface area contributed by atoms with Crippen molar-refractivity contribution in [2.24, 2.45) is 5.92 Å². The lowest BCUT2D eigenvalue weighted by Gasteiger charge is -2.17. The molecule has 108 valence electrons. The number of rotatable bonds is 7. The molecule has 1 aliphatic heterocycles. The average Bonchev–Trinajstić information content (AvgIpc) is 2.96. The van der Waals surface area contributed by atoms with E-state index >= 15 is 0 Å². The van der Waals surface area contributed by atoms with Crippen LogP contribution in [0.15, 0.2) is 12.2 Å². The molecule has 2 unspecified atom stereocenters. The molecule has 1 aliphatic carbocycles. The molecule has 0 aromatic rings. The van der Waals surface area contributed by atoms with Crippen molar-refractivity contribution in [1.29, 1.82) is 0 Å². The highest BCUT2D eigenvalue weighted by Crippen LogP contribution is 2.17. The molecule has 4 nitrogen and oxygen atoms in total. The first-order chi connectivity index (χ1) is 9.36. The largest absolute Gasteiger partial charge is 0.379 e. The Bertz CT molecular complexity index is 298. The van der Waals surface area contributed by atoms with E-state index in [2.05, 4.69) is 17.5 Å². The fraction of sp³-hybridized carbons (Fsp3) is 0.800. The van der Waals surface area contributed by atoms with E-state index < -0.39 is 0 Å². The van der Waals surface area contributed by atoms with Crippen LogP contribution in [0.2, 0.25) is 0 Å². The van der Waals surface area contributed by atoms with Crippen LogP contribution in [-0.2, 0) is 14.3 Å². The quantitative estimate of drug-likeness (QED) is 0.567. The summed E-state index contributed by atoms with van der Waals surface area (Å²) in [6, 6.07) is 0. The zero-order valence-electron chi connectivity index (χ0n) is 11.6. The first-order valence-corrected chi connectivity index (χ1v) is 7.48. The third-order valence-electron chi connectivity index (χ3n) is 3.73. The average molecular weight is 267 g/mol.